The molecule has 0 saturated carbocycles. The van der Waals surface area contributed by atoms with E-state index in [0.29, 0.717) is 5.56 Å². The lowest BCUT2D eigenvalue weighted by molar-refractivity contribution is 1.12. The second-order valence-electron chi connectivity index (χ2n) is 3.85. The number of nitrogens with zero attached hydrogens (tertiary/aromatic N) is 3. The van der Waals surface area contributed by atoms with Crippen molar-refractivity contribution < 1.29 is 0 Å². The van der Waals surface area contributed by atoms with E-state index in [2.05, 4.69) is 16.4 Å². The Balaban J connectivity index is 2.35. The van der Waals surface area contributed by atoms with Crippen molar-refractivity contribution in [3.8, 4) is 6.07 Å². The Bertz CT molecular complexity index is 586. The normalized spacial score (nSPS) is 9.61. The lowest BCUT2D eigenvalue weighted by Gasteiger charge is -2.19. The van der Waals surface area contributed by atoms with Crippen molar-refractivity contribution >= 4 is 17.3 Å². The van der Waals surface area contributed by atoms with Crippen LogP contribution in [-0.4, -0.2) is 19.1 Å². The number of nitrogens with one attached hydrogen (secondary N) is 1. The molecule has 0 spiro atoms. The van der Waals surface area contributed by atoms with Gasteiger partial charge in [-0.2, -0.15) is 5.26 Å². The number of aromatic nitrogens is 1. The number of pyridine rings is 1. The topological polar surface area (TPSA) is 52.0 Å². The number of anilines is 3. The Labute approximate surface area is 107 Å². The van der Waals surface area contributed by atoms with Crippen molar-refractivity contribution in [2.45, 2.75) is 0 Å². The number of benzene rings is 1. The van der Waals surface area contributed by atoms with Gasteiger partial charge in [-0.1, -0.05) is 12.1 Å². The molecule has 2 rings (SSSR count). The molecule has 0 unspecified atom stereocenters. The van der Waals surface area contributed by atoms with E-state index < -0.39 is 0 Å². The first-order valence-corrected chi connectivity index (χ1v) is 5.63. The molecule has 4 heteroatoms. The van der Waals surface area contributed by atoms with Gasteiger partial charge in [-0.3, -0.25) is 0 Å². The molecule has 90 valence electrons. The van der Waals surface area contributed by atoms with E-state index in [1.807, 2.05) is 55.4 Å². The summed E-state index contributed by atoms with van der Waals surface area (Å²) in [5.74, 6) is 1.65. The average Bonchev–Trinajstić information content (AvgIpc) is 2.46. The zero-order valence-corrected chi connectivity index (χ0v) is 10.4. The molecule has 0 aliphatic heterocycles. The van der Waals surface area contributed by atoms with Crippen molar-refractivity contribution in [3.63, 3.8) is 0 Å². The van der Waals surface area contributed by atoms with Crippen LogP contribution in [0.3, 0.4) is 0 Å². The zero-order chi connectivity index (χ0) is 13.0. The van der Waals surface area contributed by atoms with Gasteiger partial charge in [-0.15, -0.1) is 0 Å². The predicted octanol–water partition coefficient (Wildman–Crippen LogP) is 2.76. The van der Waals surface area contributed by atoms with Crippen LogP contribution in [0.25, 0.3) is 0 Å². The first-order valence-electron chi connectivity index (χ1n) is 5.63. The van der Waals surface area contributed by atoms with Gasteiger partial charge in [0.25, 0.3) is 0 Å². The minimum atomic E-state index is 0.643. The molecule has 1 aromatic heterocycles. The zero-order valence-electron chi connectivity index (χ0n) is 10.4. The average molecular weight is 238 g/mol. The van der Waals surface area contributed by atoms with Crippen LogP contribution < -0.4 is 10.2 Å². The lowest BCUT2D eigenvalue weighted by Crippen LogP contribution is -2.11. The Morgan fingerprint density at radius 2 is 2.00 bits per heavy atom. The summed E-state index contributed by atoms with van der Waals surface area (Å²) in [7, 11) is 3.76. The summed E-state index contributed by atoms with van der Waals surface area (Å²) >= 11 is 0. The van der Waals surface area contributed by atoms with Crippen LogP contribution in [0.1, 0.15) is 5.56 Å². The van der Waals surface area contributed by atoms with Gasteiger partial charge in [-0.25, -0.2) is 4.98 Å². The third-order valence-electron chi connectivity index (χ3n) is 2.70. The second kappa shape index (κ2) is 5.19. The van der Waals surface area contributed by atoms with E-state index in [-0.39, 0.29) is 0 Å². The molecule has 0 aliphatic rings. The van der Waals surface area contributed by atoms with Crippen molar-refractivity contribution in [2.24, 2.45) is 0 Å². The molecule has 0 bridgehead atoms. The highest BCUT2D eigenvalue weighted by Crippen LogP contribution is 2.23. The molecule has 0 amide bonds. The second-order valence-corrected chi connectivity index (χ2v) is 3.85. The van der Waals surface area contributed by atoms with Crippen LogP contribution in [0.15, 0.2) is 42.5 Å². The Morgan fingerprint density at radius 3 is 2.72 bits per heavy atom. The van der Waals surface area contributed by atoms with Gasteiger partial charge < -0.3 is 10.2 Å². The fraction of sp³-hybridized carbons (Fsp3) is 0.143. The lowest BCUT2D eigenvalue weighted by atomic mass is 10.2. The Morgan fingerprint density at radius 1 is 1.22 bits per heavy atom. The molecule has 1 N–H and O–H groups in total. The molecule has 18 heavy (non-hydrogen) atoms. The third-order valence-corrected chi connectivity index (χ3v) is 2.70. The van der Waals surface area contributed by atoms with E-state index in [1.165, 1.54) is 0 Å². The van der Waals surface area contributed by atoms with E-state index in [0.717, 1.165) is 17.3 Å². The number of rotatable bonds is 3. The molecule has 1 heterocycles. The number of hydrogen-bond donors (Lipinski definition) is 1. The van der Waals surface area contributed by atoms with Crippen LogP contribution in [-0.2, 0) is 0 Å². The molecule has 0 atom stereocenters. The Kier molecular flexibility index (Phi) is 3.44. The quantitative estimate of drug-likeness (QED) is 0.893. The summed E-state index contributed by atoms with van der Waals surface area (Å²) in [5, 5.41) is 11.9. The maximum Gasteiger partial charge on any atom is 0.135 e. The Hall–Kier alpha value is -2.54. The van der Waals surface area contributed by atoms with Gasteiger partial charge in [0.15, 0.2) is 0 Å². The van der Waals surface area contributed by atoms with E-state index in [1.54, 1.807) is 6.07 Å². The van der Waals surface area contributed by atoms with Crippen LogP contribution in [0.5, 0.6) is 0 Å². The molecule has 2 aromatic rings. The maximum absolute atomic E-state index is 8.90. The van der Waals surface area contributed by atoms with E-state index in [9.17, 15) is 0 Å². The summed E-state index contributed by atoms with van der Waals surface area (Å²) in [5.41, 5.74) is 1.58. The van der Waals surface area contributed by atoms with Crippen molar-refractivity contribution in [2.75, 3.05) is 24.3 Å². The van der Waals surface area contributed by atoms with Crippen molar-refractivity contribution in [3.05, 3.63) is 48.0 Å². The molecule has 0 aliphatic carbocycles. The molecular formula is C14H14N4. The predicted molar refractivity (Wildman–Crippen MR) is 73.0 cm³/mol. The van der Waals surface area contributed by atoms with E-state index >= 15 is 0 Å². The summed E-state index contributed by atoms with van der Waals surface area (Å²) < 4.78 is 0. The maximum atomic E-state index is 8.90. The highest BCUT2D eigenvalue weighted by Gasteiger charge is 2.06. The monoisotopic (exact) mass is 238 g/mol. The number of nitriles is 1. The van der Waals surface area contributed by atoms with Gasteiger partial charge in [0.05, 0.1) is 11.6 Å². The summed E-state index contributed by atoms with van der Waals surface area (Å²) in [4.78, 5) is 6.40. The molecule has 4 nitrogen and oxygen atoms in total. The smallest absolute Gasteiger partial charge is 0.135 e. The summed E-state index contributed by atoms with van der Waals surface area (Å²) in [6, 6.07) is 15.4. The van der Waals surface area contributed by atoms with Gasteiger partial charge in [0.2, 0.25) is 0 Å². The van der Waals surface area contributed by atoms with Crippen LogP contribution in [0.2, 0.25) is 0 Å². The fourth-order valence-electron chi connectivity index (χ4n) is 1.67. The minimum absolute atomic E-state index is 0.643. The summed E-state index contributed by atoms with van der Waals surface area (Å²) in [6.45, 7) is 0. The standard InChI is InChI=1S/C14H14N4/c1-16-13-7-4-8-14(17-13)18(2)12-6-3-5-11(9-12)10-15/h3-9H,1-2H3,(H,16,17). The molecule has 1 aromatic carbocycles. The van der Waals surface area contributed by atoms with Gasteiger partial charge >= 0.3 is 0 Å². The number of hydrogen-bond acceptors (Lipinski definition) is 4. The van der Waals surface area contributed by atoms with Gasteiger partial charge in [0, 0.05) is 19.8 Å². The third kappa shape index (κ3) is 2.41. The largest absolute Gasteiger partial charge is 0.373 e. The highest BCUT2D eigenvalue weighted by atomic mass is 15.2. The fourth-order valence-corrected chi connectivity index (χ4v) is 1.67. The van der Waals surface area contributed by atoms with Crippen molar-refractivity contribution in [1.82, 2.24) is 4.98 Å². The first kappa shape index (κ1) is 11.9. The van der Waals surface area contributed by atoms with Crippen LogP contribution in [0.4, 0.5) is 17.3 Å². The minimum Gasteiger partial charge on any atom is -0.373 e. The van der Waals surface area contributed by atoms with E-state index in [4.69, 9.17) is 5.26 Å². The van der Waals surface area contributed by atoms with Crippen molar-refractivity contribution in [1.29, 1.82) is 5.26 Å². The van der Waals surface area contributed by atoms with Crippen LogP contribution >= 0.6 is 0 Å². The van der Waals surface area contributed by atoms with Crippen LogP contribution in [0, 0.1) is 11.3 Å². The highest BCUT2D eigenvalue weighted by molar-refractivity contribution is 5.62. The van der Waals surface area contributed by atoms with Gasteiger partial charge in [-0.05, 0) is 30.3 Å². The molecule has 0 saturated heterocycles. The molecular weight excluding hydrogens is 224 g/mol. The summed E-state index contributed by atoms with van der Waals surface area (Å²) in [6.07, 6.45) is 0. The first-order chi connectivity index (χ1) is 8.74. The van der Waals surface area contributed by atoms with Gasteiger partial charge in [0.1, 0.15) is 11.6 Å². The molecule has 0 fully saturated rings. The SMILES string of the molecule is CNc1cccc(N(C)c2cccc(C#N)c2)n1. The molecule has 0 radical (unpaired) electrons.